The lowest BCUT2D eigenvalue weighted by Gasteiger charge is -2.14. The molecule has 1 amide bonds. The summed E-state index contributed by atoms with van der Waals surface area (Å²) in [7, 11) is 1.56. The van der Waals surface area contributed by atoms with Gasteiger partial charge < -0.3 is 18.9 Å². The van der Waals surface area contributed by atoms with Gasteiger partial charge in [0.05, 0.1) is 24.4 Å². The van der Waals surface area contributed by atoms with Gasteiger partial charge in [-0.2, -0.15) is 5.10 Å². The number of hydrogen-bond donors (Lipinski definition) is 1. The average molecular weight is 507 g/mol. The lowest BCUT2D eigenvalue weighted by atomic mass is 10.2. The Kier molecular flexibility index (Phi) is 11.4. The molecule has 0 aliphatic carbocycles. The molecule has 0 fully saturated rings. The molecular formula is C24H31BrN2O5. The fraction of sp³-hybridized carbons (Fsp3) is 0.417. The number of nitrogens with zero attached hydrogens (tertiary/aromatic N) is 1. The summed E-state index contributed by atoms with van der Waals surface area (Å²) in [5, 5.41) is 3.86. The Morgan fingerprint density at radius 3 is 2.28 bits per heavy atom. The molecule has 0 radical (unpaired) electrons. The van der Waals surface area contributed by atoms with Crippen molar-refractivity contribution in [1.82, 2.24) is 5.43 Å². The number of nitrogens with one attached hydrogen (secondary N) is 1. The van der Waals surface area contributed by atoms with Gasteiger partial charge in [0.25, 0.3) is 0 Å². The van der Waals surface area contributed by atoms with E-state index in [2.05, 4.69) is 33.4 Å². The van der Waals surface area contributed by atoms with Crippen molar-refractivity contribution in [2.45, 2.75) is 39.5 Å². The van der Waals surface area contributed by atoms with Gasteiger partial charge in [-0.25, -0.2) is 5.43 Å². The Hall–Kier alpha value is -2.74. The molecule has 0 heterocycles. The lowest BCUT2D eigenvalue weighted by molar-refractivity contribution is -0.118. The van der Waals surface area contributed by atoms with Gasteiger partial charge in [-0.3, -0.25) is 4.79 Å². The highest BCUT2D eigenvalue weighted by molar-refractivity contribution is 9.10. The van der Waals surface area contributed by atoms with Gasteiger partial charge in [-0.1, -0.05) is 26.2 Å². The first-order chi connectivity index (χ1) is 15.5. The molecule has 0 unspecified atom stereocenters. The molecule has 0 saturated carbocycles. The quantitative estimate of drug-likeness (QED) is 0.212. The SMILES string of the molecule is CCCCCCOc1ccc(OCCOc2c(Br)cc(/C=N\NC(C)=O)cc2OC)cc1. The predicted molar refractivity (Wildman–Crippen MR) is 129 cm³/mol. The average Bonchev–Trinajstić information content (AvgIpc) is 2.78. The molecule has 32 heavy (non-hydrogen) atoms. The van der Waals surface area contributed by atoms with Crippen LogP contribution in [-0.2, 0) is 4.79 Å². The maximum absolute atomic E-state index is 10.9. The summed E-state index contributed by atoms with van der Waals surface area (Å²) in [6, 6.07) is 11.2. The maximum atomic E-state index is 10.9. The molecule has 2 rings (SSSR count). The molecule has 0 aliphatic rings. The zero-order chi connectivity index (χ0) is 23.2. The summed E-state index contributed by atoms with van der Waals surface area (Å²) < 4.78 is 23.5. The van der Waals surface area contributed by atoms with Crippen molar-refractivity contribution in [1.29, 1.82) is 0 Å². The highest BCUT2D eigenvalue weighted by Crippen LogP contribution is 2.36. The first-order valence-electron chi connectivity index (χ1n) is 10.7. The zero-order valence-electron chi connectivity index (χ0n) is 18.9. The van der Waals surface area contributed by atoms with Gasteiger partial charge in [0.1, 0.15) is 24.7 Å². The molecule has 0 atom stereocenters. The van der Waals surface area contributed by atoms with E-state index in [1.54, 1.807) is 13.2 Å². The maximum Gasteiger partial charge on any atom is 0.236 e. The van der Waals surface area contributed by atoms with E-state index in [0.717, 1.165) is 30.1 Å². The molecule has 174 valence electrons. The molecular weight excluding hydrogens is 476 g/mol. The van der Waals surface area contributed by atoms with E-state index in [-0.39, 0.29) is 5.91 Å². The molecule has 0 aliphatic heterocycles. The van der Waals surface area contributed by atoms with E-state index in [1.807, 2.05) is 30.3 Å². The molecule has 0 spiro atoms. The van der Waals surface area contributed by atoms with Crippen LogP contribution in [0.3, 0.4) is 0 Å². The van der Waals surface area contributed by atoms with Crippen LogP contribution in [0.25, 0.3) is 0 Å². The summed E-state index contributed by atoms with van der Waals surface area (Å²) in [5.74, 6) is 2.48. The number of hydrogen-bond acceptors (Lipinski definition) is 6. The molecule has 1 N–H and O–H groups in total. The summed E-state index contributed by atoms with van der Waals surface area (Å²) in [6.45, 7) is 5.04. The van der Waals surface area contributed by atoms with E-state index < -0.39 is 0 Å². The molecule has 0 bridgehead atoms. The monoisotopic (exact) mass is 506 g/mol. The first-order valence-corrected chi connectivity index (χ1v) is 11.5. The summed E-state index contributed by atoms with van der Waals surface area (Å²) in [6.07, 6.45) is 6.27. The number of ether oxygens (including phenoxy) is 4. The van der Waals surface area contributed by atoms with Crippen LogP contribution in [-0.4, -0.2) is 39.1 Å². The number of unbranched alkanes of at least 4 members (excludes halogenated alkanes) is 3. The third-order valence-corrected chi connectivity index (χ3v) is 4.97. The second kappa shape index (κ2) is 14.3. The normalized spacial score (nSPS) is 10.8. The predicted octanol–water partition coefficient (Wildman–Crippen LogP) is 5.34. The Balaban J connectivity index is 1.80. The molecule has 2 aromatic rings. The molecule has 8 heteroatoms. The highest BCUT2D eigenvalue weighted by atomic mass is 79.9. The van der Waals surface area contributed by atoms with Crippen molar-refractivity contribution < 1.29 is 23.7 Å². The van der Waals surface area contributed by atoms with E-state index in [4.69, 9.17) is 18.9 Å². The number of benzene rings is 2. The van der Waals surface area contributed by atoms with Crippen molar-refractivity contribution in [2.24, 2.45) is 5.10 Å². The van der Waals surface area contributed by atoms with E-state index >= 15 is 0 Å². The van der Waals surface area contributed by atoms with Crippen molar-refractivity contribution in [2.75, 3.05) is 26.9 Å². The van der Waals surface area contributed by atoms with E-state index in [1.165, 1.54) is 32.4 Å². The Labute approximate surface area is 198 Å². The Morgan fingerprint density at radius 2 is 1.66 bits per heavy atom. The lowest BCUT2D eigenvalue weighted by Crippen LogP contribution is -2.12. The number of methoxy groups -OCH3 is 1. The Morgan fingerprint density at radius 1 is 1.00 bits per heavy atom. The van der Waals surface area contributed by atoms with Gasteiger partial charge in [0.2, 0.25) is 5.91 Å². The number of amides is 1. The van der Waals surface area contributed by atoms with Crippen molar-refractivity contribution >= 4 is 28.1 Å². The number of halogens is 1. The molecule has 2 aromatic carbocycles. The van der Waals surface area contributed by atoms with E-state index in [0.29, 0.717) is 29.2 Å². The highest BCUT2D eigenvalue weighted by Gasteiger charge is 2.11. The van der Waals surface area contributed by atoms with Crippen molar-refractivity contribution in [3.63, 3.8) is 0 Å². The summed E-state index contributed by atoms with van der Waals surface area (Å²) >= 11 is 3.49. The van der Waals surface area contributed by atoms with Crippen LogP contribution in [0.5, 0.6) is 23.0 Å². The standard InChI is InChI=1S/C24H31BrN2O5/c1-4-5-6-7-12-30-20-8-10-21(11-9-20)31-13-14-32-24-22(25)15-19(16-23(24)29-3)17-26-27-18(2)28/h8-11,15-17H,4-7,12-14H2,1-3H3,(H,27,28)/b26-17-. The van der Waals surface area contributed by atoms with Gasteiger partial charge in [-0.15, -0.1) is 0 Å². The smallest absolute Gasteiger partial charge is 0.236 e. The Bertz CT molecular complexity index is 871. The third-order valence-electron chi connectivity index (χ3n) is 4.38. The second-order valence-electron chi connectivity index (χ2n) is 7.04. The number of carbonyl (C=O) groups excluding carboxylic acids is 1. The minimum Gasteiger partial charge on any atom is -0.494 e. The van der Waals surface area contributed by atoms with Crippen LogP contribution >= 0.6 is 15.9 Å². The largest absolute Gasteiger partial charge is 0.494 e. The van der Waals surface area contributed by atoms with Crippen LogP contribution in [0.4, 0.5) is 0 Å². The van der Waals surface area contributed by atoms with Crippen LogP contribution in [0, 0.1) is 0 Å². The van der Waals surface area contributed by atoms with Gasteiger partial charge in [0, 0.05) is 6.92 Å². The number of rotatable bonds is 14. The van der Waals surface area contributed by atoms with Gasteiger partial charge in [0.15, 0.2) is 11.5 Å². The zero-order valence-corrected chi connectivity index (χ0v) is 20.4. The summed E-state index contributed by atoms with van der Waals surface area (Å²) in [5.41, 5.74) is 3.11. The van der Waals surface area contributed by atoms with Gasteiger partial charge >= 0.3 is 0 Å². The molecule has 0 aromatic heterocycles. The van der Waals surface area contributed by atoms with Crippen molar-refractivity contribution in [3.05, 3.63) is 46.4 Å². The van der Waals surface area contributed by atoms with Gasteiger partial charge in [-0.05, 0) is 64.3 Å². The fourth-order valence-corrected chi connectivity index (χ4v) is 3.38. The fourth-order valence-electron chi connectivity index (χ4n) is 2.81. The van der Waals surface area contributed by atoms with Crippen LogP contribution in [0.1, 0.15) is 45.1 Å². The topological polar surface area (TPSA) is 78.4 Å². The first kappa shape index (κ1) is 25.5. The van der Waals surface area contributed by atoms with E-state index in [9.17, 15) is 4.79 Å². The summed E-state index contributed by atoms with van der Waals surface area (Å²) in [4.78, 5) is 10.9. The minimum absolute atomic E-state index is 0.239. The molecule has 7 nitrogen and oxygen atoms in total. The molecule has 0 saturated heterocycles. The van der Waals surface area contributed by atoms with Crippen molar-refractivity contribution in [3.8, 4) is 23.0 Å². The van der Waals surface area contributed by atoms with Crippen LogP contribution in [0.2, 0.25) is 0 Å². The van der Waals surface area contributed by atoms with Crippen LogP contribution in [0.15, 0.2) is 46.0 Å². The number of carbonyl (C=O) groups is 1. The minimum atomic E-state index is -0.239. The number of hydrazone groups is 1. The van der Waals surface area contributed by atoms with Crippen LogP contribution < -0.4 is 24.4 Å². The second-order valence-corrected chi connectivity index (χ2v) is 7.89. The third kappa shape index (κ3) is 9.18.